The highest BCUT2D eigenvalue weighted by molar-refractivity contribution is 5.99. The molecule has 1 fully saturated rings. The van der Waals surface area contributed by atoms with Crippen molar-refractivity contribution >= 4 is 11.6 Å². The van der Waals surface area contributed by atoms with Crippen molar-refractivity contribution in [3.8, 4) is 0 Å². The van der Waals surface area contributed by atoms with Gasteiger partial charge in [-0.05, 0) is 31.9 Å². The van der Waals surface area contributed by atoms with Gasteiger partial charge in [0.05, 0.1) is 5.56 Å². The fourth-order valence-corrected chi connectivity index (χ4v) is 2.88. The Hall–Kier alpha value is -1.51. The average Bonchev–Trinajstić information content (AvgIpc) is 2.46. The molecule has 0 heterocycles. The Balaban J connectivity index is 2.20. The number of amides is 1. The summed E-state index contributed by atoms with van der Waals surface area (Å²) in [4.78, 5) is 14.6. The topological polar surface area (TPSA) is 32.3 Å². The number of aryl methyl sites for hydroxylation is 1. The van der Waals surface area contributed by atoms with Gasteiger partial charge in [0, 0.05) is 25.8 Å². The van der Waals surface area contributed by atoms with Crippen molar-refractivity contribution in [2.24, 2.45) is 0 Å². The number of carbonyl (C=O) groups is 1. The van der Waals surface area contributed by atoms with E-state index in [-0.39, 0.29) is 5.91 Å². The SMILES string of the molecule is CNc1ccc(C)cc1C(=O)N(C)C1CCCCC1. The van der Waals surface area contributed by atoms with Crippen molar-refractivity contribution in [1.29, 1.82) is 0 Å². The second-order valence-electron chi connectivity index (χ2n) is 5.51. The van der Waals surface area contributed by atoms with Gasteiger partial charge in [-0.15, -0.1) is 0 Å². The molecule has 0 unspecified atom stereocenters. The molecule has 1 aliphatic carbocycles. The second kappa shape index (κ2) is 6.09. The highest BCUT2D eigenvalue weighted by atomic mass is 16.2. The van der Waals surface area contributed by atoms with Crippen LogP contribution >= 0.6 is 0 Å². The molecule has 0 atom stereocenters. The van der Waals surface area contributed by atoms with E-state index in [4.69, 9.17) is 0 Å². The standard InChI is InChI=1S/C16H24N2O/c1-12-9-10-15(17-2)14(11-12)16(19)18(3)13-7-5-4-6-8-13/h9-11,13,17H,4-8H2,1-3H3. The smallest absolute Gasteiger partial charge is 0.255 e. The van der Waals surface area contributed by atoms with Gasteiger partial charge in [0.1, 0.15) is 0 Å². The van der Waals surface area contributed by atoms with Gasteiger partial charge in [-0.3, -0.25) is 4.79 Å². The highest BCUT2D eigenvalue weighted by Crippen LogP contribution is 2.25. The summed E-state index contributed by atoms with van der Waals surface area (Å²) < 4.78 is 0. The maximum Gasteiger partial charge on any atom is 0.255 e. The summed E-state index contributed by atoms with van der Waals surface area (Å²) >= 11 is 0. The van der Waals surface area contributed by atoms with Crippen molar-refractivity contribution in [2.45, 2.75) is 45.1 Å². The molecule has 1 aliphatic rings. The van der Waals surface area contributed by atoms with E-state index in [9.17, 15) is 4.79 Å². The number of hydrogen-bond acceptors (Lipinski definition) is 2. The van der Waals surface area contributed by atoms with Crippen molar-refractivity contribution < 1.29 is 4.79 Å². The van der Waals surface area contributed by atoms with E-state index in [1.165, 1.54) is 19.3 Å². The number of nitrogens with one attached hydrogen (secondary N) is 1. The molecule has 2 rings (SSSR count). The minimum atomic E-state index is 0.139. The Morgan fingerprint density at radius 3 is 2.58 bits per heavy atom. The molecule has 1 aromatic carbocycles. The molecule has 0 aromatic heterocycles. The van der Waals surface area contributed by atoms with E-state index in [0.29, 0.717) is 6.04 Å². The molecule has 1 saturated carbocycles. The quantitative estimate of drug-likeness (QED) is 0.903. The summed E-state index contributed by atoms with van der Waals surface area (Å²) in [6.45, 7) is 2.02. The molecule has 0 radical (unpaired) electrons. The molecule has 3 heteroatoms. The predicted octanol–water partition coefficient (Wildman–Crippen LogP) is 3.44. The molecule has 3 nitrogen and oxygen atoms in total. The van der Waals surface area contributed by atoms with Crippen LogP contribution in [0.15, 0.2) is 18.2 Å². The summed E-state index contributed by atoms with van der Waals surface area (Å²) in [6, 6.07) is 6.40. The molecule has 0 aliphatic heterocycles. The summed E-state index contributed by atoms with van der Waals surface area (Å²) in [7, 11) is 3.81. The minimum Gasteiger partial charge on any atom is -0.387 e. The number of nitrogens with zero attached hydrogens (tertiary/aromatic N) is 1. The van der Waals surface area contributed by atoms with E-state index in [2.05, 4.69) is 5.32 Å². The van der Waals surface area contributed by atoms with Gasteiger partial charge < -0.3 is 10.2 Å². The fourth-order valence-electron chi connectivity index (χ4n) is 2.88. The van der Waals surface area contributed by atoms with Crippen LogP contribution in [0.3, 0.4) is 0 Å². The van der Waals surface area contributed by atoms with Crippen molar-refractivity contribution in [1.82, 2.24) is 4.90 Å². The maximum atomic E-state index is 12.7. The number of benzene rings is 1. The first-order valence-electron chi connectivity index (χ1n) is 7.19. The van der Waals surface area contributed by atoms with E-state index >= 15 is 0 Å². The lowest BCUT2D eigenvalue weighted by molar-refractivity contribution is 0.0697. The van der Waals surface area contributed by atoms with Gasteiger partial charge in [0.15, 0.2) is 0 Å². The molecule has 1 aromatic rings. The normalized spacial score (nSPS) is 16.2. The van der Waals surface area contributed by atoms with Gasteiger partial charge in [-0.25, -0.2) is 0 Å². The first kappa shape index (κ1) is 13.9. The summed E-state index contributed by atoms with van der Waals surface area (Å²) in [5.74, 6) is 0.139. The Kier molecular flexibility index (Phi) is 4.46. The third-order valence-electron chi connectivity index (χ3n) is 4.12. The molecular weight excluding hydrogens is 236 g/mol. The largest absolute Gasteiger partial charge is 0.387 e. The van der Waals surface area contributed by atoms with Gasteiger partial charge in [-0.1, -0.05) is 30.9 Å². The van der Waals surface area contributed by atoms with Crippen molar-refractivity contribution in [2.75, 3.05) is 19.4 Å². The van der Waals surface area contributed by atoms with Crippen molar-refractivity contribution in [3.05, 3.63) is 29.3 Å². The zero-order chi connectivity index (χ0) is 13.8. The number of rotatable bonds is 3. The predicted molar refractivity (Wildman–Crippen MR) is 79.7 cm³/mol. The monoisotopic (exact) mass is 260 g/mol. The molecule has 0 bridgehead atoms. The van der Waals surface area contributed by atoms with Crippen molar-refractivity contribution in [3.63, 3.8) is 0 Å². The van der Waals surface area contributed by atoms with E-state index < -0.39 is 0 Å². The van der Waals surface area contributed by atoms with Gasteiger partial charge in [0.2, 0.25) is 0 Å². The van der Waals surface area contributed by atoms with Crippen LogP contribution < -0.4 is 5.32 Å². The van der Waals surface area contributed by atoms with Crippen LogP contribution in [0, 0.1) is 6.92 Å². The summed E-state index contributed by atoms with van der Waals surface area (Å²) in [5.41, 5.74) is 2.83. The molecule has 1 amide bonds. The second-order valence-corrected chi connectivity index (χ2v) is 5.51. The number of carbonyl (C=O) groups excluding carboxylic acids is 1. The Morgan fingerprint density at radius 2 is 1.95 bits per heavy atom. The van der Waals surface area contributed by atoms with Crippen LogP contribution in [-0.2, 0) is 0 Å². The molecule has 1 N–H and O–H groups in total. The third kappa shape index (κ3) is 3.09. The van der Waals surface area contributed by atoms with Crippen LogP contribution in [0.2, 0.25) is 0 Å². The molecule has 104 valence electrons. The Bertz CT molecular complexity index is 450. The third-order valence-corrected chi connectivity index (χ3v) is 4.12. The molecule has 19 heavy (non-hydrogen) atoms. The van der Waals surface area contributed by atoms with Crippen LogP contribution in [0.1, 0.15) is 48.0 Å². The molecular formula is C16H24N2O. The van der Waals surface area contributed by atoms with E-state index in [0.717, 1.165) is 29.7 Å². The molecule has 0 spiro atoms. The lowest BCUT2D eigenvalue weighted by Crippen LogP contribution is -2.38. The lowest BCUT2D eigenvalue weighted by atomic mass is 9.94. The van der Waals surface area contributed by atoms with Crippen LogP contribution in [0.5, 0.6) is 0 Å². The van der Waals surface area contributed by atoms with Crippen LogP contribution in [0.25, 0.3) is 0 Å². The van der Waals surface area contributed by atoms with Gasteiger partial charge in [-0.2, -0.15) is 0 Å². The van der Waals surface area contributed by atoms with E-state index in [1.807, 2.05) is 44.1 Å². The highest BCUT2D eigenvalue weighted by Gasteiger charge is 2.24. The van der Waals surface area contributed by atoms with Crippen LogP contribution in [-0.4, -0.2) is 30.9 Å². The first-order valence-corrected chi connectivity index (χ1v) is 7.19. The Morgan fingerprint density at radius 1 is 1.26 bits per heavy atom. The number of anilines is 1. The fraction of sp³-hybridized carbons (Fsp3) is 0.562. The first-order chi connectivity index (χ1) is 9.13. The summed E-state index contributed by atoms with van der Waals surface area (Å²) in [5, 5.41) is 3.11. The zero-order valence-corrected chi connectivity index (χ0v) is 12.2. The lowest BCUT2D eigenvalue weighted by Gasteiger charge is -2.31. The zero-order valence-electron chi connectivity index (χ0n) is 12.2. The van der Waals surface area contributed by atoms with E-state index in [1.54, 1.807) is 0 Å². The van der Waals surface area contributed by atoms with Gasteiger partial charge in [0.25, 0.3) is 5.91 Å². The average molecular weight is 260 g/mol. The minimum absolute atomic E-state index is 0.139. The molecule has 0 saturated heterocycles. The maximum absolute atomic E-state index is 12.7. The number of hydrogen-bond donors (Lipinski definition) is 1. The Labute approximate surface area is 116 Å². The van der Waals surface area contributed by atoms with Crippen LogP contribution in [0.4, 0.5) is 5.69 Å². The summed E-state index contributed by atoms with van der Waals surface area (Å²) in [6.07, 6.45) is 6.08. The van der Waals surface area contributed by atoms with Gasteiger partial charge >= 0.3 is 0 Å².